The largest absolute Gasteiger partial charge is 0.494 e. The summed E-state index contributed by atoms with van der Waals surface area (Å²) < 4.78 is 71.2. The molecule has 1 N–H and O–H groups in total. The minimum atomic E-state index is -4.72. The van der Waals surface area contributed by atoms with Gasteiger partial charge < -0.3 is 4.74 Å². The molecule has 0 aliphatic carbocycles. The number of ether oxygens (including phenoxy) is 1. The third-order valence-electron chi connectivity index (χ3n) is 3.34. The zero-order valence-electron chi connectivity index (χ0n) is 13.7. The maximum Gasteiger partial charge on any atom is 0.420 e. The number of allylic oxidation sites excluding steroid dienone is 1. The van der Waals surface area contributed by atoms with Gasteiger partial charge in [-0.25, -0.2) is 8.42 Å². The number of methoxy groups -OCH3 is 1. The molecule has 0 fully saturated rings. The van der Waals surface area contributed by atoms with Crippen LogP contribution >= 0.6 is 11.6 Å². The molecule has 0 spiro atoms. The van der Waals surface area contributed by atoms with Gasteiger partial charge in [-0.1, -0.05) is 24.3 Å². The van der Waals surface area contributed by atoms with Gasteiger partial charge in [-0.05, 0) is 47.5 Å². The Kier molecular flexibility index (Phi) is 6.17. The summed E-state index contributed by atoms with van der Waals surface area (Å²) in [5.74, 6) is -0.641. The third kappa shape index (κ3) is 5.24. The van der Waals surface area contributed by atoms with E-state index in [1.165, 1.54) is 30.3 Å². The molecule has 0 saturated carbocycles. The topological polar surface area (TPSA) is 72.5 Å². The van der Waals surface area contributed by atoms with Gasteiger partial charge in [-0.2, -0.15) is 13.2 Å². The van der Waals surface area contributed by atoms with Crippen LogP contribution in [-0.4, -0.2) is 20.8 Å². The molecule has 0 bridgehead atoms. The Morgan fingerprint density at radius 3 is 2.44 bits per heavy atom. The maximum atomic E-state index is 13.1. The van der Waals surface area contributed by atoms with E-state index in [0.717, 1.165) is 31.4 Å². The summed E-state index contributed by atoms with van der Waals surface area (Å²) in [6.45, 7) is 0. The number of benzene rings is 2. The summed E-state index contributed by atoms with van der Waals surface area (Å²) in [7, 11) is -3.21. The van der Waals surface area contributed by atoms with Crippen LogP contribution in [0.15, 0.2) is 53.4 Å². The van der Waals surface area contributed by atoms with Gasteiger partial charge in [0.1, 0.15) is 0 Å². The second-order valence-electron chi connectivity index (χ2n) is 5.20. The first-order valence-corrected chi connectivity index (χ1v) is 9.15. The van der Waals surface area contributed by atoms with Gasteiger partial charge >= 0.3 is 6.18 Å². The number of halogens is 4. The Morgan fingerprint density at radius 2 is 1.85 bits per heavy atom. The molecule has 2 rings (SSSR count). The molecule has 0 aromatic heterocycles. The van der Waals surface area contributed by atoms with Crippen LogP contribution in [0.3, 0.4) is 0 Å². The average Bonchev–Trinajstić information content (AvgIpc) is 2.59. The van der Waals surface area contributed by atoms with Gasteiger partial charge in [0.15, 0.2) is 5.75 Å². The normalized spacial score (nSPS) is 12.2. The summed E-state index contributed by atoms with van der Waals surface area (Å²) in [6.07, 6.45) is -2.37. The fraction of sp³-hybridized carbons (Fsp3) is 0.118. The van der Waals surface area contributed by atoms with Crippen LogP contribution in [0, 0.1) is 0 Å². The number of carbonyl (C=O) groups excluding carboxylic acids is 1. The maximum absolute atomic E-state index is 13.1. The summed E-state index contributed by atoms with van der Waals surface area (Å²) in [5.41, 5.74) is -1.10. The molecule has 0 radical (unpaired) electrons. The van der Waals surface area contributed by atoms with Crippen molar-refractivity contribution in [2.45, 2.75) is 11.1 Å². The Bertz CT molecular complexity index is 988. The van der Waals surface area contributed by atoms with E-state index in [1.807, 2.05) is 0 Å². The van der Waals surface area contributed by atoms with Crippen molar-refractivity contribution < 1.29 is 31.1 Å². The highest BCUT2D eigenvalue weighted by Gasteiger charge is 2.35. The molecule has 10 heteroatoms. The predicted molar refractivity (Wildman–Crippen MR) is 95.1 cm³/mol. The molecule has 27 heavy (non-hydrogen) atoms. The molecule has 2 aromatic rings. The summed E-state index contributed by atoms with van der Waals surface area (Å²) in [5, 5.41) is -0.741. The van der Waals surface area contributed by atoms with E-state index in [9.17, 15) is 26.4 Å². The molecule has 0 aliphatic rings. The molecular weight excluding hydrogens is 407 g/mol. The minimum absolute atomic E-state index is 0.217. The molecule has 0 amide bonds. The molecule has 144 valence electrons. The van der Waals surface area contributed by atoms with E-state index in [2.05, 4.69) is 4.72 Å². The highest BCUT2D eigenvalue weighted by atomic mass is 35.5. The summed E-state index contributed by atoms with van der Waals surface area (Å²) in [6, 6.07) is 8.43. The van der Waals surface area contributed by atoms with Gasteiger partial charge in [0.2, 0.25) is 5.24 Å². The highest BCUT2D eigenvalue weighted by Crippen LogP contribution is 2.40. The highest BCUT2D eigenvalue weighted by molar-refractivity contribution is 7.92. The number of hydrogen-bond acceptors (Lipinski definition) is 4. The molecule has 0 aliphatic heterocycles. The van der Waals surface area contributed by atoms with E-state index in [-0.39, 0.29) is 10.6 Å². The fourth-order valence-corrected chi connectivity index (χ4v) is 3.39. The van der Waals surface area contributed by atoms with Crippen LogP contribution in [0.5, 0.6) is 5.75 Å². The second-order valence-corrected chi connectivity index (χ2v) is 7.25. The zero-order valence-corrected chi connectivity index (χ0v) is 15.3. The minimum Gasteiger partial charge on any atom is -0.494 e. The lowest BCUT2D eigenvalue weighted by atomic mass is 10.1. The first-order chi connectivity index (χ1) is 12.5. The van der Waals surface area contributed by atoms with Crippen molar-refractivity contribution in [1.82, 2.24) is 0 Å². The Balaban J connectivity index is 2.43. The molecule has 0 saturated heterocycles. The fourth-order valence-electron chi connectivity index (χ4n) is 2.21. The second kappa shape index (κ2) is 8.01. The van der Waals surface area contributed by atoms with Crippen molar-refractivity contribution in [3.63, 3.8) is 0 Å². The standard InChI is InChI=1S/C17H13ClF3NO4S/c1-26-16-13(17(19,20)21)6-3-7-14(16)22-27(24,25)12-5-2-4-11(10-12)8-9-15(18)23/h2-10,22H,1H3. The zero-order chi connectivity index (χ0) is 20.2. The number of hydrogen-bond donors (Lipinski definition) is 1. The van der Waals surface area contributed by atoms with Crippen molar-refractivity contribution in [2.75, 3.05) is 11.8 Å². The summed E-state index contributed by atoms with van der Waals surface area (Å²) >= 11 is 5.19. The molecule has 0 heterocycles. The first kappa shape index (κ1) is 20.8. The van der Waals surface area contributed by atoms with E-state index in [4.69, 9.17) is 16.3 Å². The number of carbonyl (C=O) groups is 1. The van der Waals surface area contributed by atoms with Gasteiger partial charge in [0.05, 0.1) is 23.3 Å². The lowest BCUT2D eigenvalue weighted by Crippen LogP contribution is -2.15. The molecule has 5 nitrogen and oxygen atoms in total. The Hall–Kier alpha value is -2.52. The van der Waals surface area contributed by atoms with E-state index in [0.29, 0.717) is 5.56 Å². The number of rotatable bonds is 6. The van der Waals surface area contributed by atoms with E-state index in [1.54, 1.807) is 0 Å². The average molecular weight is 420 g/mol. The van der Waals surface area contributed by atoms with Crippen LogP contribution in [0.25, 0.3) is 6.08 Å². The van der Waals surface area contributed by atoms with E-state index >= 15 is 0 Å². The smallest absolute Gasteiger partial charge is 0.420 e. The van der Waals surface area contributed by atoms with Crippen molar-refractivity contribution in [3.05, 3.63) is 59.7 Å². The van der Waals surface area contributed by atoms with Gasteiger partial charge in [-0.15, -0.1) is 0 Å². The van der Waals surface area contributed by atoms with Crippen LogP contribution in [0.4, 0.5) is 18.9 Å². The SMILES string of the molecule is COc1c(NS(=O)(=O)c2cccc(C=CC(=O)Cl)c2)cccc1C(F)(F)F. The van der Waals surface area contributed by atoms with Gasteiger partial charge in [-0.3, -0.25) is 9.52 Å². The number of para-hydroxylation sites is 1. The van der Waals surface area contributed by atoms with Crippen LogP contribution in [-0.2, 0) is 21.0 Å². The van der Waals surface area contributed by atoms with Crippen molar-refractivity contribution in [1.29, 1.82) is 0 Å². The van der Waals surface area contributed by atoms with Crippen LogP contribution in [0.2, 0.25) is 0 Å². The molecule has 2 aromatic carbocycles. The molecule has 0 atom stereocenters. The van der Waals surface area contributed by atoms with Crippen LogP contribution < -0.4 is 9.46 Å². The quantitative estimate of drug-likeness (QED) is 0.560. The number of sulfonamides is 1. The van der Waals surface area contributed by atoms with E-state index < -0.39 is 32.8 Å². The number of anilines is 1. The molecular formula is C17H13ClF3NO4S. The lowest BCUT2D eigenvalue weighted by molar-refractivity contribution is -0.138. The van der Waals surface area contributed by atoms with Crippen LogP contribution in [0.1, 0.15) is 11.1 Å². The Labute approximate surface area is 158 Å². The Morgan fingerprint density at radius 1 is 1.19 bits per heavy atom. The lowest BCUT2D eigenvalue weighted by Gasteiger charge is -2.17. The number of alkyl halides is 3. The van der Waals surface area contributed by atoms with Crippen molar-refractivity contribution in [2.24, 2.45) is 0 Å². The third-order valence-corrected chi connectivity index (χ3v) is 4.83. The molecule has 0 unspecified atom stereocenters. The predicted octanol–water partition coefficient (Wildman–Crippen LogP) is 4.29. The van der Waals surface area contributed by atoms with Crippen molar-refractivity contribution >= 4 is 38.6 Å². The number of nitrogens with one attached hydrogen (secondary N) is 1. The van der Waals surface area contributed by atoms with Gasteiger partial charge in [0, 0.05) is 0 Å². The monoisotopic (exact) mass is 419 g/mol. The first-order valence-electron chi connectivity index (χ1n) is 7.29. The van der Waals surface area contributed by atoms with Gasteiger partial charge in [0.25, 0.3) is 10.0 Å². The van der Waals surface area contributed by atoms with Crippen molar-refractivity contribution in [3.8, 4) is 5.75 Å². The summed E-state index contributed by atoms with van der Waals surface area (Å²) in [4.78, 5) is 10.5.